The summed E-state index contributed by atoms with van der Waals surface area (Å²) < 4.78 is 0. The number of unbranched alkanes of at least 4 members (excludes halogenated alkanes) is 2. The zero-order valence-corrected chi connectivity index (χ0v) is 10.4. The molecule has 0 radical (unpaired) electrons. The molecule has 4 fully saturated rings. The molecule has 0 spiro atoms. The van der Waals surface area contributed by atoms with Crippen LogP contribution in [0.1, 0.15) is 52.4 Å². The van der Waals surface area contributed by atoms with Crippen LogP contribution >= 0.6 is 0 Å². The third kappa shape index (κ3) is 1.45. The molecule has 16 heavy (non-hydrogen) atoms. The van der Waals surface area contributed by atoms with E-state index < -0.39 is 0 Å². The van der Waals surface area contributed by atoms with Crippen LogP contribution in [0.15, 0.2) is 0 Å². The number of hydroxylamine groups is 2. The Morgan fingerprint density at radius 1 is 1.31 bits per heavy atom. The molecule has 1 saturated carbocycles. The molecule has 3 aliphatic heterocycles. The van der Waals surface area contributed by atoms with Crippen molar-refractivity contribution in [1.29, 1.82) is 0 Å². The van der Waals surface area contributed by atoms with E-state index in [0.29, 0.717) is 12.0 Å². The van der Waals surface area contributed by atoms with Crippen molar-refractivity contribution in [2.24, 2.45) is 11.8 Å². The zero-order chi connectivity index (χ0) is 11.2. The van der Waals surface area contributed by atoms with Gasteiger partial charge in [-0.2, -0.15) is 0 Å². The Morgan fingerprint density at radius 2 is 2.19 bits per heavy atom. The predicted octanol–water partition coefficient (Wildman–Crippen LogP) is 2.91. The maximum atomic E-state index is 5.83. The summed E-state index contributed by atoms with van der Waals surface area (Å²) in [5, 5.41) is 1.85. The van der Waals surface area contributed by atoms with Crippen LogP contribution in [0, 0.1) is 11.8 Å². The van der Waals surface area contributed by atoms with Crippen LogP contribution < -0.4 is 0 Å². The number of nitrogens with zero attached hydrogens (tertiary/aromatic N) is 1. The second kappa shape index (κ2) is 3.97. The van der Waals surface area contributed by atoms with Crippen molar-refractivity contribution in [3.63, 3.8) is 0 Å². The lowest BCUT2D eigenvalue weighted by Gasteiger charge is -2.53. The predicted molar refractivity (Wildman–Crippen MR) is 61.4 cm³/mol. The van der Waals surface area contributed by atoms with E-state index in [2.05, 4.69) is 13.8 Å². The van der Waals surface area contributed by atoms with Crippen LogP contribution in [0.2, 0.25) is 0 Å². The summed E-state index contributed by atoms with van der Waals surface area (Å²) in [5.74, 6) is 1.48. The van der Waals surface area contributed by atoms with Crippen molar-refractivity contribution >= 4 is 0 Å². The second-order valence-electron chi connectivity index (χ2n) is 5.87. The summed E-state index contributed by atoms with van der Waals surface area (Å²) in [7, 11) is 0. The fourth-order valence-electron chi connectivity index (χ4n) is 3.79. The minimum absolute atomic E-state index is 0.169. The van der Waals surface area contributed by atoms with Crippen molar-refractivity contribution in [3.8, 4) is 0 Å². The Bertz CT molecular complexity index is 255. The Kier molecular flexibility index (Phi) is 2.73. The largest absolute Gasteiger partial charge is 0.273 e. The lowest BCUT2D eigenvalue weighted by atomic mass is 9.64. The average Bonchev–Trinajstić information content (AvgIpc) is 2.49. The Morgan fingerprint density at radius 3 is 2.94 bits per heavy atom. The third-order valence-electron chi connectivity index (χ3n) is 4.94. The highest BCUT2D eigenvalue weighted by atomic mass is 17.0. The van der Waals surface area contributed by atoms with E-state index in [-0.39, 0.29) is 5.54 Å². The molecule has 3 nitrogen and oxygen atoms in total. The molecule has 4 aliphatic rings. The van der Waals surface area contributed by atoms with E-state index in [1.807, 2.05) is 5.23 Å². The topological polar surface area (TPSA) is 21.7 Å². The van der Waals surface area contributed by atoms with Gasteiger partial charge in [-0.25, -0.2) is 0 Å². The zero-order valence-electron chi connectivity index (χ0n) is 10.4. The Labute approximate surface area is 98.0 Å². The molecule has 0 amide bonds. The highest BCUT2D eigenvalue weighted by molar-refractivity contribution is 5.04. The van der Waals surface area contributed by atoms with E-state index in [9.17, 15) is 0 Å². The fourth-order valence-corrected chi connectivity index (χ4v) is 3.79. The maximum Gasteiger partial charge on any atom is 0.0827 e. The average molecular weight is 225 g/mol. The van der Waals surface area contributed by atoms with Gasteiger partial charge < -0.3 is 0 Å². The Hall–Kier alpha value is -0.120. The van der Waals surface area contributed by atoms with E-state index in [4.69, 9.17) is 9.68 Å². The summed E-state index contributed by atoms with van der Waals surface area (Å²) in [5.41, 5.74) is 0.169. The highest BCUT2D eigenvalue weighted by Gasteiger charge is 2.61. The molecule has 3 heterocycles. The summed E-state index contributed by atoms with van der Waals surface area (Å²) in [6, 6.07) is 0. The highest BCUT2D eigenvalue weighted by Crippen LogP contribution is 2.54. The first-order valence-corrected chi connectivity index (χ1v) is 6.85. The van der Waals surface area contributed by atoms with Crippen LogP contribution in [0.25, 0.3) is 0 Å². The monoisotopic (exact) mass is 225 g/mol. The minimum Gasteiger partial charge on any atom is -0.273 e. The van der Waals surface area contributed by atoms with Crippen LogP contribution in [0.4, 0.5) is 0 Å². The quantitative estimate of drug-likeness (QED) is 0.687. The molecule has 1 aliphatic carbocycles. The molecule has 4 bridgehead atoms. The number of hydrogen-bond acceptors (Lipinski definition) is 3. The normalized spacial score (nSPS) is 49.9. The van der Waals surface area contributed by atoms with E-state index in [0.717, 1.165) is 12.5 Å². The summed E-state index contributed by atoms with van der Waals surface area (Å²) >= 11 is 0. The summed E-state index contributed by atoms with van der Waals surface area (Å²) in [6.07, 6.45) is 8.27. The Balaban J connectivity index is 1.71. The van der Waals surface area contributed by atoms with Crippen molar-refractivity contribution in [2.45, 2.75) is 64.0 Å². The molecule has 0 aromatic carbocycles. The SMILES string of the molecule is CCCCC[C@@H]1C[C@H]2C[C@@H]3CON(O2)[C@]13C. The van der Waals surface area contributed by atoms with Crippen molar-refractivity contribution < 1.29 is 9.68 Å². The fraction of sp³-hybridized carbons (Fsp3) is 1.00. The van der Waals surface area contributed by atoms with Gasteiger partial charge >= 0.3 is 0 Å². The van der Waals surface area contributed by atoms with Gasteiger partial charge in [0.2, 0.25) is 0 Å². The van der Waals surface area contributed by atoms with Crippen LogP contribution in [-0.4, -0.2) is 23.5 Å². The molecule has 0 aromatic heterocycles. The van der Waals surface area contributed by atoms with Gasteiger partial charge in [-0.15, -0.1) is 0 Å². The van der Waals surface area contributed by atoms with Crippen molar-refractivity contribution in [3.05, 3.63) is 0 Å². The van der Waals surface area contributed by atoms with Gasteiger partial charge in [-0.1, -0.05) is 31.4 Å². The molecular weight excluding hydrogens is 202 g/mol. The molecule has 1 unspecified atom stereocenters. The van der Waals surface area contributed by atoms with Gasteiger partial charge in [-0.3, -0.25) is 9.68 Å². The van der Waals surface area contributed by atoms with Crippen LogP contribution in [0.3, 0.4) is 0 Å². The number of rotatable bonds is 4. The van der Waals surface area contributed by atoms with E-state index in [1.54, 1.807) is 0 Å². The molecule has 3 saturated heterocycles. The second-order valence-corrected chi connectivity index (χ2v) is 5.87. The molecule has 3 heteroatoms. The lowest BCUT2D eigenvalue weighted by molar-refractivity contribution is -0.435. The minimum atomic E-state index is 0.169. The number of hydrogen-bond donors (Lipinski definition) is 0. The van der Waals surface area contributed by atoms with E-state index >= 15 is 0 Å². The first-order chi connectivity index (χ1) is 7.75. The van der Waals surface area contributed by atoms with Crippen molar-refractivity contribution in [1.82, 2.24) is 5.23 Å². The number of fused-ring (bicyclic) bond motifs is 1. The molecular formula is C13H23NO2. The third-order valence-corrected chi connectivity index (χ3v) is 4.94. The summed E-state index contributed by atoms with van der Waals surface area (Å²) in [6.45, 7) is 5.49. The first kappa shape index (κ1) is 11.0. The lowest BCUT2D eigenvalue weighted by Crippen LogP contribution is -2.61. The first-order valence-electron chi connectivity index (χ1n) is 6.85. The van der Waals surface area contributed by atoms with Gasteiger partial charge in [0.05, 0.1) is 18.2 Å². The molecule has 5 atom stereocenters. The van der Waals surface area contributed by atoms with Gasteiger partial charge in [-0.05, 0) is 32.1 Å². The van der Waals surface area contributed by atoms with Gasteiger partial charge in [0.25, 0.3) is 0 Å². The molecule has 4 rings (SSSR count). The van der Waals surface area contributed by atoms with Crippen LogP contribution in [-0.2, 0) is 9.68 Å². The van der Waals surface area contributed by atoms with Gasteiger partial charge in [0, 0.05) is 5.92 Å². The van der Waals surface area contributed by atoms with Crippen molar-refractivity contribution in [2.75, 3.05) is 6.61 Å². The maximum absolute atomic E-state index is 5.83. The summed E-state index contributed by atoms with van der Waals surface area (Å²) in [4.78, 5) is 11.5. The van der Waals surface area contributed by atoms with E-state index in [1.165, 1.54) is 38.5 Å². The standard InChI is InChI=1S/C13H23NO2/c1-3-4-5-6-10-7-12-8-11-9-15-14(16-12)13(10,11)2/h10-12H,3-9H2,1-2H3/t10-,11-,12+,13-/m1/s1. The van der Waals surface area contributed by atoms with Gasteiger partial charge in [0.1, 0.15) is 0 Å². The smallest absolute Gasteiger partial charge is 0.0827 e. The molecule has 0 aromatic rings. The van der Waals surface area contributed by atoms with Crippen LogP contribution in [0.5, 0.6) is 0 Å². The molecule has 92 valence electrons. The molecule has 0 N–H and O–H groups in total. The van der Waals surface area contributed by atoms with Gasteiger partial charge in [0.15, 0.2) is 0 Å².